The van der Waals surface area contributed by atoms with E-state index in [1.807, 2.05) is 12.1 Å². The lowest BCUT2D eigenvalue weighted by Crippen LogP contribution is -2.33. The highest BCUT2D eigenvalue weighted by molar-refractivity contribution is 5.73. The van der Waals surface area contributed by atoms with Gasteiger partial charge in [0.25, 0.3) is 0 Å². The molecule has 16 heavy (non-hydrogen) atoms. The largest absolute Gasteiger partial charge is 0.480 e. The molecule has 0 radical (unpaired) electrons. The molecule has 3 N–H and O–H groups in total. The maximum atomic E-state index is 10.7. The van der Waals surface area contributed by atoms with Gasteiger partial charge in [0.2, 0.25) is 0 Å². The van der Waals surface area contributed by atoms with Gasteiger partial charge in [-0.25, -0.2) is 0 Å². The SMILES string of the molecule is CC(NCc1cccc2c1NCC2)C(=O)O. The Morgan fingerprint density at radius 2 is 2.44 bits per heavy atom. The van der Waals surface area contributed by atoms with Gasteiger partial charge in [-0.3, -0.25) is 4.79 Å². The highest BCUT2D eigenvalue weighted by Gasteiger charge is 2.15. The molecule has 0 bridgehead atoms. The summed E-state index contributed by atoms with van der Waals surface area (Å²) in [4.78, 5) is 10.7. The van der Waals surface area contributed by atoms with Crippen LogP contribution in [-0.2, 0) is 17.8 Å². The summed E-state index contributed by atoms with van der Waals surface area (Å²) in [6, 6.07) is 5.64. The summed E-state index contributed by atoms with van der Waals surface area (Å²) in [5.74, 6) is -0.819. The fourth-order valence-electron chi connectivity index (χ4n) is 1.91. The Bertz CT molecular complexity index is 404. The molecule has 0 saturated carbocycles. The third kappa shape index (κ3) is 2.17. The summed E-state index contributed by atoms with van der Waals surface area (Å²) < 4.78 is 0. The summed E-state index contributed by atoms with van der Waals surface area (Å²) in [7, 11) is 0. The minimum absolute atomic E-state index is 0.516. The molecule has 1 aromatic rings. The highest BCUT2D eigenvalue weighted by Crippen LogP contribution is 2.26. The molecule has 0 aliphatic carbocycles. The molecule has 1 aliphatic heterocycles. The van der Waals surface area contributed by atoms with Gasteiger partial charge in [0.1, 0.15) is 6.04 Å². The van der Waals surface area contributed by atoms with Crippen LogP contribution in [0.4, 0.5) is 5.69 Å². The zero-order valence-electron chi connectivity index (χ0n) is 9.29. The van der Waals surface area contributed by atoms with Crippen molar-refractivity contribution in [3.05, 3.63) is 29.3 Å². The summed E-state index contributed by atoms with van der Waals surface area (Å²) >= 11 is 0. The average molecular weight is 220 g/mol. The quantitative estimate of drug-likeness (QED) is 0.714. The standard InChI is InChI=1S/C12H16N2O2/c1-8(12(15)16)14-7-10-4-2-3-9-5-6-13-11(9)10/h2-4,8,13-14H,5-7H2,1H3,(H,15,16). The Kier molecular flexibility index (Phi) is 3.10. The molecular formula is C12H16N2O2. The second-order valence-electron chi connectivity index (χ2n) is 4.07. The summed E-state index contributed by atoms with van der Waals surface area (Å²) in [6.07, 6.45) is 1.05. The van der Waals surface area contributed by atoms with E-state index in [9.17, 15) is 4.79 Å². The van der Waals surface area contributed by atoms with Crippen LogP contribution in [0.1, 0.15) is 18.1 Å². The number of hydrogen-bond donors (Lipinski definition) is 3. The molecule has 0 spiro atoms. The normalized spacial score (nSPS) is 15.3. The van der Waals surface area contributed by atoms with Crippen molar-refractivity contribution in [3.8, 4) is 0 Å². The minimum Gasteiger partial charge on any atom is -0.480 e. The van der Waals surface area contributed by atoms with Crippen LogP contribution >= 0.6 is 0 Å². The summed E-state index contributed by atoms with van der Waals surface area (Å²) in [6.45, 7) is 3.21. The number of carboxylic acids is 1. The number of fused-ring (bicyclic) bond motifs is 1. The van der Waals surface area contributed by atoms with Crippen molar-refractivity contribution in [3.63, 3.8) is 0 Å². The van der Waals surface area contributed by atoms with Crippen LogP contribution in [-0.4, -0.2) is 23.7 Å². The van der Waals surface area contributed by atoms with Gasteiger partial charge in [-0.1, -0.05) is 18.2 Å². The van der Waals surface area contributed by atoms with Crippen molar-refractivity contribution in [2.75, 3.05) is 11.9 Å². The van der Waals surface area contributed by atoms with E-state index in [4.69, 9.17) is 5.11 Å². The monoisotopic (exact) mass is 220 g/mol. The second kappa shape index (κ2) is 4.53. The molecule has 1 heterocycles. The van der Waals surface area contributed by atoms with Crippen LogP contribution in [0.3, 0.4) is 0 Å². The molecular weight excluding hydrogens is 204 g/mol. The Morgan fingerprint density at radius 3 is 3.19 bits per heavy atom. The number of carboxylic acid groups (broad SMARTS) is 1. The number of benzene rings is 1. The van der Waals surface area contributed by atoms with Crippen molar-refractivity contribution < 1.29 is 9.90 Å². The van der Waals surface area contributed by atoms with E-state index in [1.165, 1.54) is 11.3 Å². The first-order valence-corrected chi connectivity index (χ1v) is 5.49. The average Bonchev–Trinajstić information content (AvgIpc) is 2.73. The number of rotatable bonds is 4. The summed E-state index contributed by atoms with van der Waals surface area (Å²) in [5.41, 5.74) is 3.64. The van der Waals surface area contributed by atoms with E-state index in [1.54, 1.807) is 6.92 Å². The van der Waals surface area contributed by atoms with Crippen molar-refractivity contribution >= 4 is 11.7 Å². The van der Waals surface area contributed by atoms with Crippen molar-refractivity contribution in [2.45, 2.75) is 25.9 Å². The van der Waals surface area contributed by atoms with E-state index in [-0.39, 0.29) is 0 Å². The summed E-state index contributed by atoms with van der Waals surface area (Å²) in [5, 5.41) is 15.1. The molecule has 1 unspecified atom stereocenters. The van der Waals surface area contributed by atoms with Crippen LogP contribution in [0, 0.1) is 0 Å². The van der Waals surface area contributed by atoms with E-state index < -0.39 is 12.0 Å². The Balaban J connectivity index is 2.05. The van der Waals surface area contributed by atoms with E-state index in [0.717, 1.165) is 18.5 Å². The first kappa shape index (κ1) is 11.0. The van der Waals surface area contributed by atoms with Gasteiger partial charge in [0.05, 0.1) is 0 Å². The first-order chi connectivity index (χ1) is 7.68. The van der Waals surface area contributed by atoms with Crippen molar-refractivity contribution in [2.24, 2.45) is 0 Å². The van der Waals surface area contributed by atoms with Gasteiger partial charge in [-0.15, -0.1) is 0 Å². The fourth-order valence-corrected chi connectivity index (χ4v) is 1.91. The molecule has 4 heteroatoms. The predicted molar refractivity (Wildman–Crippen MR) is 62.6 cm³/mol. The molecule has 4 nitrogen and oxygen atoms in total. The third-order valence-corrected chi connectivity index (χ3v) is 2.90. The van der Waals surface area contributed by atoms with Crippen LogP contribution in [0.15, 0.2) is 18.2 Å². The molecule has 0 fully saturated rings. The van der Waals surface area contributed by atoms with Crippen LogP contribution < -0.4 is 10.6 Å². The van der Waals surface area contributed by atoms with Crippen molar-refractivity contribution in [1.82, 2.24) is 5.32 Å². The van der Waals surface area contributed by atoms with Gasteiger partial charge in [-0.2, -0.15) is 0 Å². The van der Waals surface area contributed by atoms with Gasteiger partial charge in [0, 0.05) is 18.8 Å². The molecule has 1 atom stereocenters. The number of carbonyl (C=O) groups is 1. The zero-order chi connectivity index (χ0) is 11.5. The van der Waals surface area contributed by atoms with E-state index >= 15 is 0 Å². The smallest absolute Gasteiger partial charge is 0.320 e. The number of hydrogen-bond acceptors (Lipinski definition) is 3. The topological polar surface area (TPSA) is 61.4 Å². The van der Waals surface area contributed by atoms with Gasteiger partial charge in [0.15, 0.2) is 0 Å². The lowest BCUT2D eigenvalue weighted by molar-refractivity contribution is -0.139. The maximum Gasteiger partial charge on any atom is 0.320 e. The predicted octanol–water partition coefficient (Wildman–Crippen LogP) is 1.22. The highest BCUT2D eigenvalue weighted by atomic mass is 16.4. The van der Waals surface area contributed by atoms with Crippen LogP contribution in [0.25, 0.3) is 0 Å². The first-order valence-electron chi connectivity index (χ1n) is 5.49. The van der Waals surface area contributed by atoms with Gasteiger partial charge < -0.3 is 15.7 Å². The Morgan fingerprint density at radius 1 is 1.62 bits per heavy atom. The minimum atomic E-state index is -0.819. The van der Waals surface area contributed by atoms with E-state index in [2.05, 4.69) is 16.7 Å². The third-order valence-electron chi connectivity index (χ3n) is 2.90. The van der Waals surface area contributed by atoms with Gasteiger partial charge >= 0.3 is 5.97 Å². The maximum absolute atomic E-state index is 10.7. The molecule has 2 rings (SSSR count). The van der Waals surface area contributed by atoms with E-state index in [0.29, 0.717) is 6.54 Å². The van der Waals surface area contributed by atoms with Crippen LogP contribution in [0.2, 0.25) is 0 Å². The lowest BCUT2D eigenvalue weighted by atomic mass is 10.1. The zero-order valence-corrected chi connectivity index (χ0v) is 9.29. The number of aliphatic carboxylic acids is 1. The van der Waals surface area contributed by atoms with Gasteiger partial charge in [-0.05, 0) is 24.5 Å². The molecule has 0 amide bonds. The molecule has 1 aliphatic rings. The molecule has 0 aromatic heterocycles. The van der Waals surface area contributed by atoms with Crippen molar-refractivity contribution in [1.29, 1.82) is 0 Å². The molecule has 1 aromatic carbocycles. The molecule has 86 valence electrons. The molecule has 0 saturated heterocycles. The number of anilines is 1. The fraction of sp³-hybridized carbons (Fsp3) is 0.417. The van der Waals surface area contributed by atoms with Crippen LogP contribution in [0.5, 0.6) is 0 Å². The lowest BCUT2D eigenvalue weighted by Gasteiger charge is -2.12. The number of para-hydroxylation sites is 1. The Hall–Kier alpha value is -1.55. The second-order valence-corrected chi connectivity index (χ2v) is 4.07. The Labute approximate surface area is 94.7 Å². The number of nitrogens with one attached hydrogen (secondary N) is 2.